The number of aliphatic hydroxyl groups is 1. The molecule has 1 N–H and O–H groups in total. The van der Waals surface area contributed by atoms with Crippen molar-refractivity contribution in [2.24, 2.45) is 7.05 Å². The molecule has 1 aromatic rings. The first-order chi connectivity index (χ1) is 9.43. The third kappa shape index (κ3) is 2.86. The maximum atomic E-state index is 12.4. The SMILES string of the molecule is CC(C)N(C)CC(=O)N1Cc2ncn(C)c2C[C@H]1CO. The molecule has 0 radical (unpaired) electrons. The molecule has 1 aromatic heterocycles. The van der Waals surface area contributed by atoms with Crippen LogP contribution in [0.25, 0.3) is 0 Å². The Hall–Kier alpha value is -1.40. The molecule has 0 saturated carbocycles. The van der Waals surface area contributed by atoms with Gasteiger partial charge in [-0.1, -0.05) is 0 Å². The van der Waals surface area contributed by atoms with Crippen LogP contribution < -0.4 is 0 Å². The van der Waals surface area contributed by atoms with Crippen LogP contribution in [-0.4, -0.2) is 62.6 Å². The zero-order valence-electron chi connectivity index (χ0n) is 12.7. The summed E-state index contributed by atoms with van der Waals surface area (Å²) < 4.78 is 1.97. The molecule has 0 spiro atoms. The summed E-state index contributed by atoms with van der Waals surface area (Å²) in [4.78, 5) is 20.5. The summed E-state index contributed by atoms with van der Waals surface area (Å²) in [5, 5.41) is 9.57. The van der Waals surface area contributed by atoms with E-state index in [-0.39, 0.29) is 18.6 Å². The van der Waals surface area contributed by atoms with E-state index in [1.54, 1.807) is 11.2 Å². The lowest BCUT2D eigenvalue weighted by atomic mass is 10.0. The number of aliphatic hydroxyl groups excluding tert-OH is 1. The summed E-state index contributed by atoms with van der Waals surface area (Å²) in [5.74, 6) is 0.0524. The Balaban J connectivity index is 2.13. The number of carbonyl (C=O) groups excluding carboxylic acids is 1. The van der Waals surface area contributed by atoms with Crippen molar-refractivity contribution in [2.45, 2.75) is 38.9 Å². The highest BCUT2D eigenvalue weighted by Gasteiger charge is 2.32. The Bertz CT molecular complexity index is 484. The van der Waals surface area contributed by atoms with Gasteiger partial charge in [-0.2, -0.15) is 0 Å². The van der Waals surface area contributed by atoms with E-state index in [9.17, 15) is 9.90 Å². The van der Waals surface area contributed by atoms with Gasteiger partial charge in [-0.15, -0.1) is 0 Å². The molecule has 1 amide bonds. The maximum Gasteiger partial charge on any atom is 0.237 e. The maximum absolute atomic E-state index is 12.4. The predicted octanol–water partition coefficient (Wildman–Crippen LogP) is 0.00590. The molecule has 2 heterocycles. The van der Waals surface area contributed by atoms with E-state index in [4.69, 9.17) is 0 Å². The zero-order valence-corrected chi connectivity index (χ0v) is 12.7. The molecular weight excluding hydrogens is 256 g/mol. The average Bonchev–Trinajstić information content (AvgIpc) is 2.78. The molecule has 1 aliphatic heterocycles. The minimum Gasteiger partial charge on any atom is -0.394 e. The van der Waals surface area contributed by atoms with E-state index in [1.807, 2.05) is 23.6 Å². The van der Waals surface area contributed by atoms with Crippen molar-refractivity contribution >= 4 is 5.91 Å². The van der Waals surface area contributed by atoms with Crippen LogP contribution in [0.2, 0.25) is 0 Å². The van der Waals surface area contributed by atoms with E-state index in [0.29, 0.717) is 25.6 Å². The fourth-order valence-electron chi connectivity index (χ4n) is 2.46. The molecule has 1 atom stereocenters. The monoisotopic (exact) mass is 280 g/mol. The third-order valence-corrected chi connectivity index (χ3v) is 4.13. The van der Waals surface area contributed by atoms with Crippen molar-refractivity contribution in [1.29, 1.82) is 0 Å². The Morgan fingerprint density at radius 2 is 2.30 bits per heavy atom. The number of carbonyl (C=O) groups is 1. The minimum absolute atomic E-state index is 0.0121. The van der Waals surface area contributed by atoms with Gasteiger partial charge in [-0.3, -0.25) is 9.69 Å². The highest BCUT2D eigenvalue weighted by Crippen LogP contribution is 2.22. The largest absolute Gasteiger partial charge is 0.394 e. The van der Waals surface area contributed by atoms with Gasteiger partial charge in [0.2, 0.25) is 5.91 Å². The molecule has 6 heteroatoms. The molecule has 0 saturated heterocycles. The lowest BCUT2D eigenvalue weighted by Crippen LogP contribution is -2.50. The number of aryl methyl sites for hydroxylation is 1. The number of amides is 1. The quantitative estimate of drug-likeness (QED) is 0.844. The van der Waals surface area contributed by atoms with Crippen LogP contribution in [-0.2, 0) is 24.8 Å². The molecule has 0 unspecified atom stereocenters. The van der Waals surface area contributed by atoms with Crippen LogP contribution in [0.15, 0.2) is 6.33 Å². The van der Waals surface area contributed by atoms with Crippen molar-refractivity contribution in [3.05, 3.63) is 17.7 Å². The van der Waals surface area contributed by atoms with E-state index >= 15 is 0 Å². The van der Waals surface area contributed by atoms with Gasteiger partial charge in [0.25, 0.3) is 0 Å². The van der Waals surface area contributed by atoms with Crippen molar-refractivity contribution in [1.82, 2.24) is 19.4 Å². The molecule has 112 valence electrons. The van der Waals surface area contributed by atoms with E-state index in [2.05, 4.69) is 18.8 Å². The van der Waals surface area contributed by atoms with E-state index in [1.165, 1.54) is 0 Å². The van der Waals surface area contributed by atoms with Gasteiger partial charge in [0.1, 0.15) is 0 Å². The number of hydrogen-bond donors (Lipinski definition) is 1. The van der Waals surface area contributed by atoms with E-state index in [0.717, 1.165) is 11.4 Å². The second kappa shape index (κ2) is 5.93. The zero-order chi connectivity index (χ0) is 14.9. The summed E-state index contributed by atoms with van der Waals surface area (Å²) in [6.45, 7) is 4.97. The van der Waals surface area contributed by atoms with Crippen molar-refractivity contribution in [2.75, 3.05) is 20.2 Å². The Kier molecular flexibility index (Phi) is 4.45. The summed E-state index contributed by atoms with van der Waals surface area (Å²) in [6.07, 6.45) is 2.44. The summed E-state index contributed by atoms with van der Waals surface area (Å²) in [5.41, 5.74) is 2.06. The molecule has 0 bridgehead atoms. The molecule has 20 heavy (non-hydrogen) atoms. The van der Waals surface area contributed by atoms with Crippen LogP contribution in [0.4, 0.5) is 0 Å². The number of rotatable bonds is 4. The van der Waals surface area contributed by atoms with E-state index < -0.39 is 0 Å². The smallest absolute Gasteiger partial charge is 0.237 e. The van der Waals surface area contributed by atoms with Gasteiger partial charge in [0.15, 0.2) is 0 Å². The van der Waals surface area contributed by atoms with Crippen molar-refractivity contribution in [3.63, 3.8) is 0 Å². The molecular formula is C14H24N4O2. The Labute approximate surface area is 120 Å². The van der Waals surface area contributed by atoms with Gasteiger partial charge < -0.3 is 14.6 Å². The highest BCUT2D eigenvalue weighted by molar-refractivity contribution is 5.79. The first-order valence-corrected chi connectivity index (χ1v) is 7.03. The predicted molar refractivity (Wildman–Crippen MR) is 76.1 cm³/mol. The molecule has 0 aliphatic carbocycles. The van der Waals surface area contributed by atoms with Crippen LogP contribution in [0.3, 0.4) is 0 Å². The number of imidazole rings is 1. The lowest BCUT2D eigenvalue weighted by Gasteiger charge is -2.36. The second-order valence-corrected chi connectivity index (χ2v) is 5.82. The normalized spacial score (nSPS) is 18.8. The lowest BCUT2D eigenvalue weighted by molar-refractivity contribution is -0.137. The van der Waals surface area contributed by atoms with Crippen LogP contribution in [0.1, 0.15) is 25.2 Å². The fraction of sp³-hybridized carbons (Fsp3) is 0.714. The summed E-state index contributed by atoms with van der Waals surface area (Å²) >= 11 is 0. The van der Waals surface area contributed by atoms with Crippen LogP contribution in [0, 0.1) is 0 Å². The van der Waals surface area contributed by atoms with Gasteiger partial charge in [0, 0.05) is 25.2 Å². The number of aromatic nitrogens is 2. The first kappa shape index (κ1) is 15.0. The minimum atomic E-state index is -0.147. The topological polar surface area (TPSA) is 61.6 Å². The van der Waals surface area contributed by atoms with Gasteiger partial charge >= 0.3 is 0 Å². The third-order valence-electron chi connectivity index (χ3n) is 4.13. The fourth-order valence-corrected chi connectivity index (χ4v) is 2.46. The van der Waals surface area contributed by atoms with Crippen molar-refractivity contribution < 1.29 is 9.90 Å². The number of nitrogens with zero attached hydrogens (tertiary/aromatic N) is 4. The number of hydrogen-bond acceptors (Lipinski definition) is 4. The van der Waals surface area contributed by atoms with Gasteiger partial charge in [0.05, 0.1) is 37.8 Å². The molecule has 6 nitrogen and oxygen atoms in total. The van der Waals surface area contributed by atoms with Gasteiger partial charge in [-0.05, 0) is 20.9 Å². The Morgan fingerprint density at radius 3 is 2.90 bits per heavy atom. The molecule has 0 fully saturated rings. The Morgan fingerprint density at radius 1 is 1.60 bits per heavy atom. The summed E-state index contributed by atoms with van der Waals surface area (Å²) in [7, 11) is 3.89. The number of likely N-dealkylation sites (N-methyl/N-ethyl adjacent to an activating group) is 1. The summed E-state index contributed by atoms with van der Waals surface area (Å²) in [6, 6.07) is 0.174. The molecule has 2 rings (SSSR count). The second-order valence-electron chi connectivity index (χ2n) is 5.82. The molecule has 0 aromatic carbocycles. The standard InChI is InChI=1S/C14H24N4O2/c1-10(2)16(3)7-14(20)18-6-12-13(5-11(18)8-19)17(4)9-15-12/h9-11,19H,5-8H2,1-4H3/t11-/m0/s1. The molecule has 1 aliphatic rings. The van der Waals surface area contributed by atoms with Gasteiger partial charge in [-0.25, -0.2) is 4.98 Å². The highest BCUT2D eigenvalue weighted by atomic mass is 16.3. The van der Waals surface area contributed by atoms with Crippen molar-refractivity contribution in [3.8, 4) is 0 Å². The average molecular weight is 280 g/mol. The van der Waals surface area contributed by atoms with Crippen LogP contribution in [0.5, 0.6) is 0 Å². The number of fused-ring (bicyclic) bond motifs is 1. The van der Waals surface area contributed by atoms with Crippen LogP contribution >= 0.6 is 0 Å². The first-order valence-electron chi connectivity index (χ1n) is 7.03.